The van der Waals surface area contributed by atoms with Crippen LogP contribution in [0.5, 0.6) is 5.75 Å². The van der Waals surface area contributed by atoms with Gasteiger partial charge in [-0.2, -0.15) is 0 Å². The van der Waals surface area contributed by atoms with E-state index in [2.05, 4.69) is 5.32 Å². The zero-order valence-electron chi connectivity index (χ0n) is 13.0. The molecule has 23 heavy (non-hydrogen) atoms. The van der Waals surface area contributed by atoms with Gasteiger partial charge in [0.1, 0.15) is 5.75 Å². The van der Waals surface area contributed by atoms with Gasteiger partial charge in [0.15, 0.2) is 0 Å². The number of rotatable bonds is 5. The molecule has 0 atom stereocenters. The highest BCUT2D eigenvalue weighted by molar-refractivity contribution is 7.98. The number of benzene rings is 2. The van der Waals surface area contributed by atoms with E-state index in [-0.39, 0.29) is 11.6 Å². The van der Waals surface area contributed by atoms with Crippen molar-refractivity contribution in [2.45, 2.75) is 11.8 Å². The Morgan fingerprint density at radius 1 is 1.30 bits per heavy atom. The number of hydrogen-bond donors (Lipinski definition) is 1. The first-order chi connectivity index (χ1) is 11.0. The molecule has 0 bridgehead atoms. The van der Waals surface area contributed by atoms with Crippen molar-refractivity contribution in [1.29, 1.82) is 0 Å². The average Bonchev–Trinajstić information content (AvgIpc) is 2.55. The standard InChI is InChI=1S/C16H16N2O4S/c1-10-13(5-4-6-14(10)18(20)21)17-16(19)12-8-7-11(23-3)9-15(12)22-2/h4-9H,1-3H3,(H,17,19). The first-order valence-electron chi connectivity index (χ1n) is 6.75. The monoisotopic (exact) mass is 332 g/mol. The molecule has 2 rings (SSSR count). The third kappa shape index (κ3) is 3.62. The number of anilines is 1. The Bertz CT molecular complexity index is 762. The van der Waals surface area contributed by atoms with E-state index in [0.29, 0.717) is 22.6 Å². The predicted octanol–water partition coefficient (Wildman–Crippen LogP) is 3.89. The fourth-order valence-electron chi connectivity index (χ4n) is 2.13. The number of hydrogen-bond acceptors (Lipinski definition) is 5. The molecule has 0 radical (unpaired) electrons. The Hall–Kier alpha value is -2.54. The Morgan fingerprint density at radius 3 is 2.65 bits per heavy atom. The maximum Gasteiger partial charge on any atom is 0.274 e. The van der Waals surface area contributed by atoms with Crippen LogP contribution >= 0.6 is 11.8 Å². The van der Waals surface area contributed by atoms with Gasteiger partial charge in [0.2, 0.25) is 0 Å². The second kappa shape index (κ2) is 7.15. The van der Waals surface area contributed by atoms with Gasteiger partial charge in [-0.3, -0.25) is 14.9 Å². The Kier molecular flexibility index (Phi) is 5.23. The summed E-state index contributed by atoms with van der Waals surface area (Å²) in [5.74, 6) is 0.0792. The molecule has 2 aromatic carbocycles. The number of amides is 1. The topological polar surface area (TPSA) is 81.5 Å². The van der Waals surface area contributed by atoms with Crippen LogP contribution in [0.3, 0.4) is 0 Å². The van der Waals surface area contributed by atoms with E-state index in [1.807, 2.05) is 12.3 Å². The molecule has 7 heteroatoms. The van der Waals surface area contributed by atoms with Crippen LogP contribution < -0.4 is 10.1 Å². The van der Waals surface area contributed by atoms with E-state index in [1.54, 1.807) is 36.9 Å². The Morgan fingerprint density at radius 2 is 2.04 bits per heavy atom. The summed E-state index contributed by atoms with van der Waals surface area (Å²) in [4.78, 5) is 23.9. The largest absolute Gasteiger partial charge is 0.496 e. The van der Waals surface area contributed by atoms with E-state index in [0.717, 1.165) is 4.90 Å². The lowest BCUT2D eigenvalue weighted by Gasteiger charge is -2.12. The zero-order valence-corrected chi connectivity index (χ0v) is 13.8. The van der Waals surface area contributed by atoms with E-state index < -0.39 is 4.92 Å². The van der Waals surface area contributed by atoms with Crippen molar-refractivity contribution in [1.82, 2.24) is 0 Å². The van der Waals surface area contributed by atoms with Crippen LogP contribution in [-0.4, -0.2) is 24.2 Å². The lowest BCUT2D eigenvalue weighted by Crippen LogP contribution is -2.14. The van der Waals surface area contributed by atoms with Crippen molar-refractivity contribution >= 4 is 29.0 Å². The summed E-state index contributed by atoms with van der Waals surface area (Å²) >= 11 is 1.54. The number of ether oxygens (including phenoxy) is 1. The second-order valence-corrected chi connectivity index (χ2v) is 5.61. The smallest absolute Gasteiger partial charge is 0.274 e. The molecule has 0 unspecified atom stereocenters. The number of thioether (sulfide) groups is 1. The minimum atomic E-state index is -0.473. The highest BCUT2D eigenvalue weighted by atomic mass is 32.2. The Labute approximate surface area is 138 Å². The summed E-state index contributed by atoms with van der Waals surface area (Å²) in [7, 11) is 1.49. The quantitative estimate of drug-likeness (QED) is 0.510. The molecule has 6 nitrogen and oxygen atoms in total. The van der Waals surface area contributed by atoms with Gasteiger partial charge in [0.25, 0.3) is 11.6 Å². The van der Waals surface area contributed by atoms with E-state index in [9.17, 15) is 14.9 Å². The van der Waals surface area contributed by atoms with Crippen LogP contribution in [0.4, 0.5) is 11.4 Å². The first-order valence-corrected chi connectivity index (χ1v) is 7.97. The maximum absolute atomic E-state index is 12.5. The molecule has 1 amide bonds. The molecule has 0 fully saturated rings. The summed E-state index contributed by atoms with van der Waals surface area (Å²) in [6.07, 6.45) is 1.93. The predicted molar refractivity (Wildman–Crippen MR) is 90.6 cm³/mol. The highest BCUT2D eigenvalue weighted by Gasteiger charge is 2.17. The fourth-order valence-corrected chi connectivity index (χ4v) is 2.56. The third-order valence-electron chi connectivity index (χ3n) is 3.40. The molecule has 0 saturated heterocycles. The van der Waals surface area contributed by atoms with Gasteiger partial charge in [-0.05, 0) is 37.4 Å². The number of methoxy groups -OCH3 is 1. The maximum atomic E-state index is 12.5. The van der Waals surface area contributed by atoms with Gasteiger partial charge >= 0.3 is 0 Å². The normalized spacial score (nSPS) is 10.2. The van der Waals surface area contributed by atoms with Gasteiger partial charge < -0.3 is 10.1 Å². The number of nitrogens with one attached hydrogen (secondary N) is 1. The van der Waals surface area contributed by atoms with Crippen LogP contribution in [0.2, 0.25) is 0 Å². The van der Waals surface area contributed by atoms with Crippen LogP contribution in [0.15, 0.2) is 41.3 Å². The Balaban J connectivity index is 2.33. The van der Waals surface area contributed by atoms with Gasteiger partial charge in [-0.1, -0.05) is 6.07 Å². The SMILES string of the molecule is COc1cc(SC)ccc1C(=O)Nc1cccc([N+](=O)[O-])c1C. The van der Waals surface area contributed by atoms with E-state index in [1.165, 1.54) is 19.2 Å². The third-order valence-corrected chi connectivity index (χ3v) is 4.13. The summed E-state index contributed by atoms with van der Waals surface area (Å²) in [6.45, 7) is 1.60. The number of nitro groups is 1. The van der Waals surface area contributed by atoms with Crippen LogP contribution in [-0.2, 0) is 0 Å². The second-order valence-electron chi connectivity index (χ2n) is 4.73. The van der Waals surface area contributed by atoms with Crippen molar-refractivity contribution in [2.75, 3.05) is 18.7 Å². The summed E-state index contributed by atoms with van der Waals surface area (Å²) < 4.78 is 5.26. The number of nitrogens with zero attached hydrogens (tertiary/aromatic N) is 1. The zero-order chi connectivity index (χ0) is 17.0. The van der Waals surface area contributed by atoms with Crippen molar-refractivity contribution in [3.05, 3.63) is 57.6 Å². The molecular weight excluding hydrogens is 316 g/mol. The molecule has 0 aromatic heterocycles. The highest BCUT2D eigenvalue weighted by Crippen LogP contribution is 2.28. The molecule has 0 aliphatic heterocycles. The number of carbonyl (C=O) groups is 1. The summed E-state index contributed by atoms with van der Waals surface area (Å²) in [5, 5.41) is 13.7. The van der Waals surface area contributed by atoms with E-state index in [4.69, 9.17) is 4.74 Å². The minimum Gasteiger partial charge on any atom is -0.496 e. The molecule has 0 heterocycles. The van der Waals surface area contributed by atoms with Gasteiger partial charge in [0.05, 0.1) is 28.8 Å². The van der Waals surface area contributed by atoms with Crippen LogP contribution in [0, 0.1) is 17.0 Å². The summed E-state index contributed by atoms with van der Waals surface area (Å²) in [6, 6.07) is 9.84. The van der Waals surface area contributed by atoms with Crippen molar-refractivity contribution < 1.29 is 14.5 Å². The van der Waals surface area contributed by atoms with E-state index >= 15 is 0 Å². The van der Waals surface area contributed by atoms with Gasteiger partial charge in [0, 0.05) is 11.0 Å². The molecule has 2 aromatic rings. The lowest BCUT2D eigenvalue weighted by atomic mass is 10.1. The van der Waals surface area contributed by atoms with Crippen molar-refractivity contribution in [3.8, 4) is 5.75 Å². The molecule has 0 spiro atoms. The molecular formula is C16H16N2O4S. The molecule has 120 valence electrons. The first kappa shape index (κ1) is 16.8. The van der Waals surface area contributed by atoms with Crippen LogP contribution in [0.1, 0.15) is 15.9 Å². The number of nitro benzene ring substituents is 1. The molecule has 0 saturated carbocycles. The minimum absolute atomic E-state index is 0.0347. The molecule has 0 aliphatic rings. The van der Waals surface area contributed by atoms with Gasteiger partial charge in [-0.25, -0.2) is 0 Å². The number of carbonyl (C=O) groups excluding carboxylic acids is 1. The lowest BCUT2D eigenvalue weighted by molar-refractivity contribution is -0.385. The van der Waals surface area contributed by atoms with Crippen molar-refractivity contribution in [3.63, 3.8) is 0 Å². The van der Waals surface area contributed by atoms with Gasteiger partial charge in [-0.15, -0.1) is 11.8 Å². The summed E-state index contributed by atoms with van der Waals surface area (Å²) in [5.41, 5.74) is 1.15. The fraction of sp³-hybridized carbons (Fsp3) is 0.188. The van der Waals surface area contributed by atoms with Crippen LogP contribution in [0.25, 0.3) is 0 Å². The average molecular weight is 332 g/mol. The molecule has 1 N–H and O–H groups in total. The van der Waals surface area contributed by atoms with Crippen molar-refractivity contribution in [2.24, 2.45) is 0 Å². The molecule has 0 aliphatic carbocycles.